The van der Waals surface area contributed by atoms with Gasteiger partial charge in [-0.05, 0) is 24.6 Å². The predicted molar refractivity (Wildman–Crippen MR) is 54.6 cm³/mol. The Morgan fingerprint density at radius 1 is 1.47 bits per heavy atom. The second kappa shape index (κ2) is 3.34. The number of nitrogens with zero attached hydrogens (tertiary/aromatic N) is 3. The maximum absolute atomic E-state index is 11.4. The van der Waals surface area contributed by atoms with E-state index in [1.165, 1.54) is 7.11 Å². The normalized spacial score (nSPS) is 10.6. The average Bonchev–Trinajstić information content (AvgIpc) is 2.61. The molecule has 0 unspecified atom stereocenters. The van der Waals surface area contributed by atoms with Crippen LogP contribution in [-0.4, -0.2) is 28.1 Å². The Morgan fingerprint density at radius 3 is 2.87 bits per heavy atom. The summed E-state index contributed by atoms with van der Waals surface area (Å²) in [4.78, 5) is 11.4. The van der Waals surface area contributed by atoms with Crippen LogP contribution in [0.4, 0.5) is 0 Å². The smallest absolute Gasteiger partial charge is 0.338 e. The number of aryl methyl sites for hydroxylation is 2. The molecule has 5 nitrogen and oxygen atoms in total. The van der Waals surface area contributed by atoms with Gasteiger partial charge in [-0.25, -0.2) is 9.48 Å². The van der Waals surface area contributed by atoms with Crippen molar-refractivity contribution in [2.75, 3.05) is 7.11 Å². The van der Waals surface area contributed by atoms with Crippen LogP contribution in [0.1, 0.15) is 15.9 Å². The van der Waals surface area contributed by atoms with Crippen molar-refractivity contribution in [1.82, 2.24) is 15.0 Å². The van der Waals surface area contributed by atoms with Crippen LogP contribution >= 0.6 is 0 Å². The van der Waals surface area contributed by atoms with Gasteiger partial charge in [0.15, 0.2) is 0 Å². The van der Waals surface area contributed by atoms with Crippen molar-refractivity contribution in [1.29, 1.82) is 0 Å². The lowest BCUT2D eigenvalue weighted by atomic mass is 10.1. The van der Waals surface area contributed by atoms with E-state index in [2.05, 4.69) is 15.0 Å². The number of methoxy groups -OCH3 is 1. The molecule has 1 aromatic heterocycles. The van der Waals surface area contributed by atoms with Crippen molar-refractivity contribution in [2.45, 2.75) is 6.92 Å². The van der Waals surface area contributed by atoms with E-state index in [1.807, 2.05) is 20.0 Å². The summed E-state index contributed by atoms with van der Waals surface area (Å²) in [5.74, 6) is -0.347. The molecule has 0 N–H and O–H groups in total. The zero-order chi connectivity index (χ0) is 11.0. The van der Waals surface area contributed by atoms with E-state index in [0.29, 0.717) is 5.56 Å². The first-order valence-electron chi connectivity index (χ1n) is 4.52. The number of hydrogen-bond donors (Lipinski definition) is 0. The molecule has 5 heteroatoms. The summed E-state index contributed by atoms with van der Waals surface area (Å²) in [5, 5.41) is 7.90. The molecule has 0 aliphatic carbocycles. The fraction of sp³-hybridized carbons (Fsp3) is 0.300. The highest BCUT2D eigenvalue weighted by atomic mass is 16.5. The van der Waals surface area contributed by atoms with Crippen LogP contribution in [-0.2, 0) is 11.8 Å². The highest BCUT2D eigenvalue weighted by Gasteiger charge is 2.14. The van der Waals surface area contributed by atoms with Gasteiger partial charge in [0, 0.05) is 7.05 Å². The molecule has 0 fully saturated rings. The lowest BCUT2D eigenvalue weighted by molar-refractivity contribution is 0.0600. The topological polar surface area (TPSA) is 57.0 Å². The van der Waals surface area contributed by atoms with Gasteiger partial charge in [-0.2, -0.15) is 0 Å². The average molecular weight is 205 g/mol. The minimum absolute atomic E-state index is 0.347. The zero-order valence-corrected chi connectivity index (χ0v) is 8.81. The maximum Gasteiger partial charge on any atom is 0.338 e. The summed E-state index contributed by atoms with van der Waals surface area (Å²) in [5.41, 5.74) is 2.97. The van der Waals surface area contributed by atoms with Gasteiger partial charge in [0.1, 0.15) is 5.52 Å². The highest BCUT2D eigenvalue weighted by Crippen LogP contribution is 2.19. The number of aromatic nitrogens is 3. The maximum atomic E-state index is 11.4. The molecule has 2 rings (SSSR count). The molecule has 0 spiro atoms. The third-order valence-corrected chi connectivity index (χ3v) is 2.44. The molecular weight excluding hydrogens is 194 g/mol. The number of esters is 1. The van der Waals surface area contributed by atoms with Crippen LogP contribution in [0.25, 0.3) is 11.0 Å². The third kappa shape index (κ3) is 1.36. The molecule has 1 aromatic carbocycles. The molecular formula is C10H11N3O2. The van der Waals surface area contributed by atoms with Gasteiger partial charge >= 0.3 is 5.97 Å². The third-order valence-electron chi connectivity index (χ3n) is 2.44. The van der Waals surface area contributed by atoms with Gasteiger partial charge in [0.05, 0.1) is 18.2 Å². The van der Waals surface area contributed by atoms with Crippen molar-refractivity contribution in [3.63, 3.8) is 0 Å². The largest absolute Gasteiger partial charge is 0.465 e. The summed E-state index contributed by atoms with van der Waals surface area (Å²) >= 11 is 0. The molecule has 2 aromatic rings. The number of carbonyl (C=O) groups is 1. The van der Waals surface area contributed by atoms with Crippen LogP contribution in [0.15, 0.2) is 12.1 Å². The number of benzene rings is 1. The molecule has 0 radical (unpaired) electrons. The second-order valence-corrected chi connectivity index (χ2v) is 3.31. The Kier molecular flexibility index (Phi) is 2.15. The molecule has 0 saturated heterocycles. The Morgan fingerprint density at radius 2 is 2.20 bits per heavy atom. The first kappa shape index (κ1) is 9.64. The van der Waals surface area contributed by atoms with E-state index >= 15 is 0 Å². The summed E-state index contributed by atoms with van der Waals surface area (Å²) in [6.07, 6.45) is 0. The monoisotopic (exact) mass is 205 g/mol. The number of ether oxygens (including phenoxy) is 1. The molecule has 78 valence electrons. The molecule has 0 saturated carbocycles. The van der Waals surface area contributed by atoms with Gasteiger partial charge < -0.3 is 4.74 Å². The van der Waals surface area contributed by atoms with Gasteiger partial charge in [-0.15, -0.1) is 5.10 Å². The molecule has 0 aliphatic rings. The standard InChI is InChI=1S/C10H11N3O2/c1-6-7(10(14)15-3)4-5-8-9(6)11-12-13(8)2/h4-5H,1-3H3. The fourth-order valence-corrected chi connectivity index (χ4v) is 1.56. The first-order valence-corrected chi connectivity index (χ1v) is 4.52. The first-order chi connectivity index (χ1) is 7.15. The number of carbonyl (C=O) groups excluding carboxylic acids is 1. The fourth-order valence-electron chi connectivity index (χ4n) is 1.56. The number of hydrogen-bond acceptors (Lipinski definition) is 4. The van der Waals surface area contributed by atoms with Crippen LogP contribution in [0.5, 0.6) is 0 Å². The summed E-state index contributed by atoms with van der Waals surface area (Å²) in [7, 11) is 3.18. The SMILES string of the molecule is COC(=O)c1ccc2c(nnn2C)c1C. The van der Waals surface area contributed by atoms with Crippen molar-refractivity contribution >= 4 is 17.0 Å². The Labute approximate surface area is 86.6 Å². The summed E-state index contributed by atoms with van der Waals surface area (Å²) in [6.45, 7) is 1.84. The van der Waals surface area contributed by atoms with Gasteiger partial charge in [-0.3, -0.25) is 0 Å². The van der Waals surface area contributed by atoms with Crippen molar-refractivity contribution < 1.29 is 9.53 Å². The van der Waals surface area contributed by atoms with E-state index < -0.39 is 0 Å². The van der Waals surface area contributed by atoms with Crippen LogP contribution < -0.4 is 0 Å². The summed E-state index contributed by atoms with van der Waals surface area (Å²) in [6, 6.07) is 3.54. The van der Waals surface area contributed by atoms with Gasteiger partial charge in [0.2, 0.25) is 0 Å². The Balaban J connectivity index is 2.71. The summed E-state index contributed by atoms with van der Waals surface area (Å²) < 4.78 is 6.35. The molecule has 0 atom stereocenters. The number of rotatable bonds is 1. The minimum Gasteiger partial charge on any atom is -0.465 e. The van der Waals surface area contributed by atoms with Gasteiger partial charge in [0.25, 0.3) is 0 Å². The lowest BCUT2D eigenvalue weighted by Gasteiger charge is -2.03. The van der Waals surface area contributed by atoms with Crippen molar-refractivity contribution in [3.05, 3.63) is 23.3 Å². The van der Waals surface area contributed by atoms with E-state index in [0.717, 1.165) is 16.6 Å². The molecule has 0 aliphatic heterocycles. The minimum atomic E-state index is -0.347. The zero-order valence-electron chi connectivity index (χ0n) is 8.81. The van der Waals surface area contributed by atoms with Crippen molar-refractivity contribution in [3.8, 4) is 0 Å². The van der Waals surface area contributed by atoms with Crippen LogP contribution in [0.3, 0.4) is 0 Å². The van der Waals surface area contributed by atoms with Crippen LogP contribution in [0, 0.1) is 6.92 Å². The predicted octanol–water partition coefficient (Wildman–Crippen LogP) is 1.06. The molecule has 15 heavy (non-hydrogen) atoms. The second-order valence-electron chi connectivity index (χ2n) is 3.31. The van der Waals surface area contributed by atoms with E-state index in [1.54, 1.807) is 10.7 Å². The van der Waals surface area contributed by atoms with E-state index in [4.69, 9.17) is 0 Å². The molecule has 0 amide bonds. The lowest BCUT2D eigenvalue weighted by Crippen LogP contribution is -2.04. The highest BCUT2D eigenvalue weighted by molar-refractivity contribution is 5.96. The van der Waals surface area contributed by atoms with E-state index in [9.17, 15) is 4.79 Å². The van der Waals surface area contributed by atoms with Crippen LogP contribution in [0.2, 0.25) is 0 Å². The quantitative estimate of drug-likeness (QED) is 0.653. The van der Waals surface area contributed by atoms with Crippen molar-refractivity contribution in [2.24, 2.45) is 7.05 Å². The Hall–Kier alpha value is -1.91. The molecule has 1 heterocycles. The Bertz CT molecular complexity index is 531. The number of fused-ring (bicyclic) bond motifs is 1. The van der Waals surface area contributed by atoms with E-state index in [-0.39, 0.29) is 5.97 Å². The molecule has 0 bridgehead atoms. The van der Waals surface area contributed by atoms with Gasteiger partial charge in [-0.1, -0.05) is 5.21 Å².